The van der Waals surface area contributed by atoms with Crippen LogP contribution >= 0.6 is 27.5 Å². The average molecular weight is 360 g/mol. The van der Waals surface area contributed by atoms with Crippen LogP contribution < -0.4 is 0 Å². The Bertz CT molecular complexity index is 569. The Morgan fingerprint density at radius 3 is 2.20 bits per heavy atom. The highest BCUT2D eigenvalue weighted by Gasteiger charge is 2.12. The highest BCUT2D eigenvalue weighted by atomic mass is 79.9. The Hall–Kier alpha value is -0.930. The molecule has 0 N–H and O–H groups in total. The van der Waals surface area contributed by atoms with Gasteiger partial charge in [-0.25, -0.2) is 8.78 Å². The molecule has 0 aliphatic rings. The van der Waals surface area contributed by atoms with E-state index in [-0.39, 0.29) is 11.6 Å². The van der Waals surface area contributed by atoms with Gasteiger partial charge in [-0.2, -0.15) is 0 Å². The summed E-state index contributed by atoms with van der Waals surface area (Å²) in [5.41, 5.74) is 2.01. The van der Waals surface area contributed by atoms with E-state index in [1.807, 2.05) is 0 Å². The topological polar surface area (TPSA) is 0 Å². The summed E-state index contributed by atoms with van der Waals surface area (Å²) in [6.07, 6.45) is 1.57. The molecule has 0 amide bonds. The van der Waals surface area contributed by atoms with Gasteiger partial charge in [-0.15, -0.1) is 0 Å². The highest BCUT2D eigenvalue weighted by molar-refractivity contribution is 9.09. The monoisotopic (exact) mass is 358 g/mol. The molecular weight excluding hydrogens is 346 g/mol. The van der Waals surface area contributed by atoms with Crippen LogP contribution in [0.4, 0.5) is 8.78 Å². The fourth-order valence-electron chi connectivity index (χ4n) is 2.13. The molecule has 0 saturated carbocycles. The van der Waals surface area contributed by atoms with E-state index < -0.39 is 0 Å². The van der Waals surface area contributed by atoms with Crippen molar-refractivity contribution in [2.45, 2.75) is 12.8 Å². The van der Waals surface area contributed by atoms with E-state index in [1.54, 1.807) is 18.2 Å². The lowest BCUT2D eigenvalue weighted by molar-refractivity contribution is 0.585. The van der Waals surface area contributed by atoms with Crippen molar-refractivity contribution < 1.29 is 8.78 Å². The Balaban J connectivity index is 2.07. The van der Waals surface area contributed by atoms with Gasteiger partial charge >= 0.3 is 0 Å². The molecule has 20 heavy (non-hydrogen) atoms. The Morgan fingerprint density at radius 1 is 0.950 bits per heavy atom. The van der Waals surface area contributed by atoms with E-state index >= 15 is 0 Å². The van der Waals surface area contributed by atoms with Gasteiger partial charge in [0.05, 0.1) is 0 Å². The average Bonchev–Trinajstić information content (AvgIpc) is 2.43. The smallest absolute Gasteiger partial charge is 0.124 e. The quantitative estimate of drug-likeness (QED) is 0.626. The van der Waals surface area contributed by atoms with E-state index in [0.717, 1.165) is 29.3 Å². The molecule has 0 aliphatic heterocycles. The lowest BCUT2D eigenvalue weighted by Gasteiger charge is -2.15. The minimum atomic E-state index is -0.326. The Morgan fingerprint density at radius 2 is 1.60 bits per heavy atom. The van der Waals surface area contributed by atoms with Crippen molar-refractivity contribution in [3.63, 3.8) is 0 Å². The fraction of sp³-hybridized carbons (Fsp3) is 0.250. The van der Waals surface area contributed by atoms with E-state index in [1.165, 1.54) is 24.3 Å². The zero-order valence-electron chi connectivity index (χ0n) is 10.8. The molecule has 0 aromatic heterocycles. The maximum Gasteiger partial charge on any atom is 0.124 e. The first-order chi connectivity index (χ1) is 9.58. The number of hydrogen-bond donors (Lipinski definition) is 0. The molecule has 4 heteroatoms. The van der Waals surface area contributed by atoms with Crippen LogP contribution in [0, 0.1) is 17.6 Å². The standard InChI is InChI=1S/C16H14BrClF2/c17-10-12(7-11-1-4-14(19)5-2-11)8-13-3-6-15(20)9-16(13)18/h1-6,9,12H,7-8,10H2. The Kier molecular flexibility index (Phi) is 5.55. The maximum absolute atomic E-state index is 13.0. The van der Waals surface area contributed by atoms with Gasteiger partial charge in [-0.1, -0.05) is 45.7 Å². The van der Waals surface area contributed by atoms with Gasteiger partial charge < -0.3 is 0 Å². The van der Waals surface area contributed by atoms with Crippen LogP contribution in [0.3, 0.4) is 0 Å². The summed E-state index contributed by atoms with van der Waals surface area (Å²) in [6.45, 7) is 0. The van der Waals surface area contributed by atoms with E-state index in [4.69, 9.17) is 11.6 Å². The minimum Gasteiger partial charge on any atom is -0.207 e. The molecule has 2 rings (SSSR count). The number of alkyl halides is 1. The van der Waals surface area contributed by atoms with Crippen molar-refractivity contribution in [2.24, 2.45) is 5.92 Å². The maximum atomic E-state index is 13.0. The SMILES string of the molecule is Fc1ccc(CC(CBr)Cc2ccc(F)cc2Cl)cc1. The molecule has 0 radical (unpaired) electrons. The first kappa shape index (κ1) is 15.5. The van der Waals surface area contributed by atoms with E-state index in [9.17, 15) is 8.78 Å². The molecule has 0 heterocycles. The van der Waals surface area contributed by atoms with Crippen LogP contribution in [0.1, 0.15) is 11.1 Å². The van der Waals surface area contributed by atoms with E-state index in [2.05, 4.69) is 15.9 Å². The molecule has 106 valence electrons. The predicted octanol–water partition coefficient (Wildman–Crippen LogP) is 5.41. The van der Waals surface area contributed by atoms with Crippen molar-refractivity contribution >= 4 is 27.5 Å². The summed E-state index contributed by atoms with van der Waals surface area (Å²) in [7, 11) is 0. The minimum absolute atomic E-state index is 0.231. The van der Waals surface area contributed by atoms with Gasteiger partial charge in [0.25, 0.3) is 0 Å². The first-order valence-electron chi connectivity index (χ1n) is 6.33. The normalized spacial score (nSPS) is 12.4. The van der Waals surface area contributed by atoms with Crippen LogP contribution in [0.25, 0.3) is 0 Å². The molecule has 0 saturated heterocycles. The van der Waals surface area contributed by atoms with Crippen molar-refractivity contribution in [1.29, 1.82) is 0 Å². The fourth-order valence-corrected chi connectivity index (χ4v) is 2.84. The molecule has 2 aromatic carbocycles. The second kappa shape index (κ2) is 7.19. The van der Waals surface area contributed by atoms with Gasteiger partial charge in [-0.3, -0.25) is 0 Å². The lowest BCUT2D eigenvalue weighted by atomic mass is 9.94. The highest BCUT2D eigenvalue weighted by Crippen LogP contribution is 2.23. The van der Waals surface area contributed by atoms with Crippen LogP contribution in [-0.2, 0) is 12.8 Å². The van der Waals surface area contributed by atoms with Gasteiger partial charge in [0.1, 0.15) is 11.6 Å². The third-order valence-electron chi connectivity index (χ3n) is 3.18. The number of halogens is 4. The summed E-state index contributed by atoms with van der Waals surface area (Å²) in [4.78, 5) is 0. The number of benzene rings is 2. The van der Waals surface area contributed by atoms with Gasteiger partial charge in [0.2, 0.25) is 0 Å². The van der Waals surface area contributed by atoms with Gasteiger partial charge in [-0.05, 0) is 54.2 Å². The van der Waals surface area contributed by atoms with Crippen molar-refractivity contribution in [2.75, 3.05) is 5.33 Å². The zero-order valence-corrected chi connectivity index (χ0v) is 13.1. The van der Waals surface area contributed by atoms with E-state index in [0.29, 0.717) is 10.9 Å². The van der Waals surface area contributed by atoms with Crippen molar-refractivity contribution in [1.82, 2.24) is 0 Å². The molecule has 0 aliphatic carbocycles. The van der Waals surface area contributed by atoms with Crippen LogP contribution in [0.15, 0.2) is 42.5 Å². The van der Waals surface area contributed by atoms with Gasteiger partial charge in [0.15, 0.2) is 0 Å². The summed E-state index contributed by atoms with van der Waals surface area (Å²) >= 11 is 9.54. The molecule has 0 nitrogen and oxygen atoms in total. The molecule has 0 fully saturated rings. The largest absolute Gasteiger partial charge is 0.207 e. The van der Waals surface area contributed by atoms with Crippen LogP contribution in [0.5, 0.6) is 0 Å². The molecule has 1 atom stereocenters. The summed E-state index contributed by atoms with van der Waals surface area (Å²) in [5, 5.41) is 1.26. The molecule has 1 unspecified atom stereocenters. The predicted molar refractivity (Wildman–Crippen MR) is 82.5 cm³/mol. The third kappa shape index (κ3) is 4.29. The summed E-state index contributed by atoms with van der Waals surface area (Å²) in [6, 6.07) is 11.0. The summed E-state index contributed by atoms with van der Waals surface area (Å²) in [5.74, 6) is -0.234. The molecule has 2 aromatic rings. The summed E-state index contributed by atoms with van der Waals surface area (Å²) < 4.78 is 25.9. The molecule has 0 spiro atoms. The number of rotatable bonds is 5. The van der Waals surface area contributed by atoms with Crippen LogP contribution in [-0.4, -0.2) is 5.33 Å². The first-order valence-corrected chi connectivity index (χ1v) is 7.82. The lowest BCUT2D eigenvalue weighted by Crippen LogP contribution is -2.10. The van der Waals surface area contributed by atoms with Crippen molar-refractivity contribution in [3.8, 4) is 0 Å². The van der Waals surface area contributed by atoms with Crippen LogP contribution in [0.2, 0.25) is 5.02 Å². The van der Waals surface area contributed by atoms with Gasteiger partial charge in [0, 0.05) is 10.4 Å². The zero-order chi connectivity index (χ0) is 14.5. The third-order valence-corrected chi connectivity index (χ3v) is 4.45. The van der Waals surface area contributed by atoms with Crippen molar-refractivity contribution in [3.05, 3.63) is 70.2 Å². The second-order valence-electron chi connectivity index (χ2n) is 4.79. The Labute approximate surface area is 130 Å². The molecule has 0 bridgehead atoms. The number of hydrogen-bond acceptors (Lipinski definition) is 0. The molecular formula is C16H14BrClF2. The second-order valence-corrected chi connectivity index (χ2v) is 5.85.